The van der Waals surface area contributed by atoms with Crippen LogP contribution >= 0.6 is 0 Å². The molecule has 0 atom stereocenters. The van der Waals surface area contributed by atoms with Gasteiger partial charge >= 0.3 is 0 Å². The summed E-state index contributed by atoms with van der Waals surface area (Å²) in [5.41, 5.74) is 6.59. The molecule has 6 aromatic rings. The number of aromatic nitrogens is 3. The van der Waals surface area contributed by atoms with Crippen molar-refractivity contribution in [3.63, 3.8) is 0 Å². The van der Waals surface area contributed by atoms with Crippen LogP contribution in [0, 0.1) is 6.92 Å². The Kier molecular flexibility index (Phi) is 3.07. The largest absolute Gasteiger partial charge is 0.341 e. The summed E-state index contributed by atoms with van der Waals surface area (Å²) in [6.07, 6.45) is 0. The first-order valence-electron chi connectivity index (χ1n) is 9.74. The van der Waals surface area contributed by atoms with Gasteiger partial charge in [-0.2, -0.15) is 0 Å². The van der Waals surface area contributed by atoms with Crippen molar-refractivity contribution in [1.82, 2.24) is 14.5 Å². The lowest BCUT2D eigenvalue weighted by Gasteiger charge is -2.06. The molecule has 3 nitrogen and oxygen atoms in total. The Morgan fingerprint density at radius 1 is 0.714 bits per heavy atom. The Morgan fingerprint density at radius 3 is 2.36 bits per heavy atom. The second-order valence-corrected chi connectivity index (χ2v) is 7.54. The lowest BCUT2D eigenvalue weighted by atomic mass is 10.1. The average molecular weight is 361 g/mol. The van der Waals surface area contributed by atoms with Gasteiger partial charge in [-0.1, -0.05) is 29.8 Å². The summed E-state index contributed by atoms with van der Waals surface area (Å²) in [4.78, 5) is 9.74. The first-order valence-corrected chi connectivity index (χ1v) is 9.74. The highest BCUT2D eigenvalue weighted by Crippen LogP contribution is 2.33. The van der Waals surface area contributed by atoms with Gasteiger partial charge in [-0.05, 0) is 56.3 Å². The van der Waals surface area contributed by atoms with E-state index >= 15 is 0 Å². The molecule has 6 rings (SSSR count). The molecule has 134 valence electrons. The van der Waals surface area contributed by atoms with Gasteiger partial charge < -0.3 is 4.57 Å². The van der Waals surface area contributed by atoms with E-state index in [9.17, 15) is 0 Å². The van der Waals surface area contributed by atoms with Gasteiger partial charge in [0.2, 0.25) is 0 Å². The number of rotatable bonds is 1. The fourth-order valence-corrected chi connectivity index (χ4v) is 4.43. The summed E-state index contributed by atoms with van der Waals surface area (Å²) in [6, 6.07) is 23.9. The Morgan fingerprint density at radius 2 is 1.50 bits per heavy atom. The van der Waals surface area contributed by atoms with Gasteiger partial charge in [0.1, 0.15) is 0 Å². The maximum absolute atomic E-state index is 4.92. The lowest BCUT2D eigenvalue weighted by Crippen LogP contribution is -1.93. The van der Waals surface area contributed by atoms with E-state index < -0.39 is 0 Å². The molecule has 3 aromatic heterocycles. The molecule has 0 saturated carbocycles. The summed E-state index contributed by atoms with van der Waals surface area (Å²) in [5, 5.41) is 5.95. The molecule has 3 heterocycles. The van der Waals surface area contributed by atoms with Crippen molar-refractivity contribution in [1.29, 1.82) is 0 Å². The second-order valence-electron chi connectivity index (χ2n) is 7.54. The van der Waals surface area contributed by atoms with Gasteiger partial charge in [0.05, 0.1) is 11.0 Å². The highest BCUT2D eigenvalue weighted by molar-refractivity contribution is 6.13. The summed E-state index contributed by atoms with van der Waals surface area (Å²) in [6.45, 7) is 5.26. The van der Waals surface area contributed by atoms with E-state index in [1.807, 2.05) is 0 Å². The van der Waals surface area contributed by atoms with Crippen LogP contribution in [0.25, 0.3) is 54.6 Å². The number of hydrogen-bond acceptors (Lipinski definition) is 2. The van der Waals surface area contributed by atoms with Crippen LogP contribution in [-0.2, 0) is 6.54 Å². The third-order valence-electron chi connectivity index (χ3n) is 5.75. The highest BCUT2D eigenvalue weighted by atomic mass is 15.0. The molecule has 0 aliphatic rings. The molecule has 28 heavy (non-hydrogen) atoms. The van der Waals surface area contributed by atoms with Crippen LogP contribution in [0.1, 0.15) is 12.5 Å². The molecule has 0 fully saturated rings. The van der Waals surface area contributed by atoms with E-state index in [0.29, 0.717) is 0 Å². The number of benzene rings is 3. The third kappa shape index (κ3) is 2.10. The van der Waals surface area contributed by atoms with Crippen molar-refractivity contribution in [3.05, 3.63) is 72.3 Å². The summed E-state index contributed by atoms with van der Waals surface area (Å²) >= 11 is 0. The Balaban J connectivity index is 1.75. The van der Waals surface area contributed by atoms with Crippen LogP contribution in [0.3, 0.4) is 0 Å². The van der Waals surface area contributed by atoms with Gasteiger partial charge in [-0.3, -0.25) is 0 Å². The van der Waals surface area contributed by atoms with Crippen molar-refractivity contribution < 1.29 is 0 Å². The SMILES string of the molecule is CCn1c2ccccc2c2cc3nc4nc5ccc(C)cc5cc4cc3cc21. The predicted octanol–water partition coefficient (Wildman–Crippen LogP) is 6.37. The molecule has 0 N–H and O–H groups in total. The van der Waals surface area contributed by atoms with E-state index in [0.717, 1.165) is 39.4 Å². The van der Waals surface area contributed by atoms with Crippen LogP contribution in [0.15, 0.2) is 66.7 Å². The maximum atomic E-state index is 4.92. The van der Waals surface area contributed by atoms with Crippen molar-refractivity contribution in [3.8, 4) is 0 Å². The summed E-state index contributed by atoms with van der Waals surface area (Å²) in [7, 11) is 0. The van der Waals surface area contributed by atoms with Crippen LogP contribution in [-0.4, -0.2) is 14.5 Å². The minimum atomic E-state index is 0.808. The standard InChI is InChI=1S/C25H19N3/c1-3-28-23-7-5-4-6-19(23)20-14-22-17(13-24(20)28)12-18-11-16-10-15(2)8-9-21(16)26-25(18)27-22/h4-14H,3H2,1-2H3. The van der Waals surface area contributed by atoms with E-state index in [2.05, 4.69) is 85.1 Å². The molecule has 0 radical (unpaired) electrons. The van der Waals surface area contributed by atoms with Crippen molar-refractivity contribution in [2.45, 2.75) is 20.4 Å². The van der Waals surface area contributed by atoms with Gasteiger partial charge in [0.25, 0.3) is 0 Å². The molecule has 0 unspecified atom stereocenters. The first-order chi connectivity index (χ1) is 13.7. The minimum absolute atomic E-state index is 0.808. The molecule has 0 aliphatic heterocycles. The number of hydrogen-bond donors (Lipinski definition) is 0. The summed E-state index contributed by atoms with van der Waals surface area (Å²) < 4.78 is 2.39. The Labute approximate surface area is 162 Å². The number of pyridine rings is 2. The molecule has 0 amide bonds. The van der Waals surface area contributed by atoms with Crippen molar-refractivity contribution >= 4 is 54.6 Å². The van der Waals surface area contributed by atoms with Crippen LogP contribution in [0.4, 0.5) is 0 Å². The Bertz CT molecular complexity index is 1560. The van der Waals surface area contributed by atoms with Crippen molar-refractivity contribution in [2.24, 2.45) is 0 Å². The number of aryl methyl sites for hydroxylation is 2. The average Bonchev–Trinajstić information content (AvgIpc) is 3.01. The molecule has 0 bridgehead atoms. The molecule has 0 saturated heterocycles. The molecule has 0 aliphatic carbocycles. The minimum Gasteiger partial charge on any atom is -0.341 e. The molecule has 3 aromatic carbocycles. The zero-order valence-electron chi connectivity index (χ0n) is 15.9. The van der Waals surface area contributed by atoms with Gasteiger partial charge in [0, 0.05) is 44.5 Å². The topological polar surface area (TPSA) is 30.7 Å². The van der Waals surface area contributed by atoms with Gasteiger partial charge in [-0.25, -0.2) is 9.97 Å². The molecule has 3 heteroatoms. The molecule has 0 spiro atoms. The van der Waals surface area contributed by atoms with Crippen LogP contribution < -0.4 is 0 Å². The van der Waals surface area contributed by atoms with Crippen LogP contribution in [0.5, 0.6) is 0 Å². The molecular formula is C25H19N3. The fraction of sp³-hybridized carbons (Fsp3) is 0.120. The van der Waals surface area contributed by atoms with Gasteiger partial charge in [-0.15, -0.1) is 0 Å². The fourth-order valence-electron chi connectivity index (χ4n) is 4.43. The lowest BCUT2D eigenvalue weighted by molar-refractivity contribution is 0.827. The van der Waals surface area contributed by atoms with E-state index in [4.69, 9.17) is 9.97 Å². The first kappa shape index (κ1) is 15.6. The zero-order chi connectivity index (χ0) is 18.8. The van der Waals surface area contributed by atoms with E-state index in [-0.39, 0.29) is 0 Å². The third-order valence-corrected chi connectivity index (χ3v) is 5.75. The maximum Gasteiger partial charge on any atom is 0.160 e. The van der Waals surface area contributed by atoms with E-state index in [1.165, 1.54) is 27.4 Å². The number of nitrogens with zero attached hydrogens (tertiary/aromatic N) is 3. The predicted molar refractivity (Wildman–Crippen MR) is 118 cm³/mol. The zero-order valence-corrected chi connectivity index (χ0v) is 15.9. The summed E-state index contributed by atoms with van der Waals surface area (Å²) in [5.74, 6) is 0. The normalized spacial score (nSPS) is 12.1. The van der Waals surface area contributed by atoms with E-state index in [1.54, 1.807) is 0 Å². The van der Waals surface area contributed by atoms with Crippen molar-refractivity contribution in [2.75, 3.05) is 0 Å². The quantitative estimate of drug-likeness (QED) is 0.318. The highest BCUT2D eigenvalue weighted by Gasteiger charge is 2.12. The smallest absolute Gasteiger partial charge is 0.160 e. The monoisotopic (exact) mass is 361 g/mol. The Hall–Kier alpha value is -3.46. The number of fused-ring (bicyclic) bond motifs is 6. The second kappa shape index (κ2) is 5.52. The van der Waals surface area contributed by atoms with Gasteiger partial charge in [0.15, 0.2) is 5.65 Å². The molecular weight excluding hydrogens is 342 g/mol. The van der Waals surface area contributed by atoms with Crippen LogP contribution in [0.2, 0.25) is 0 Å². The number of para-hydroxylation sites is 1.